The van der Waals surface area contributed by atoms with Crippen LogP contribution in [0.1, 0.15) is 26.7 Å². The van der Waals surface area contributed by atoms with Crippen LogP contribution in [0.25, 0.3) is 0 Å². The average Bonchev–Trinajstić information content (AvgIpc) is 2.24. The highest BCUT2D eigenvalue weighted by Crippen LogP contribution is 2.41. The predicted molar refractivity (Wildman–Crippen MR) is 36.2 cm³/mol. The summed E-state index contributed by atoms with van der Waals surface area (Å²) in [7, 11) is 0. The molecule has 1 nitrogen and oxygen atoms in total. The summed E-state index contributed by atoms with van der Waals surface area (Å²) in [5.41, 5.74) is 0. The van der Waals surface area contributed by atoms with Crippen molar-refractivity contribution in [3.05, 3.63) is 0 Å². The molecule has 9 heavy (non-hydrogen) atoms. The Bertz CT molecular complexity index is 104. The van der Waals surface area contributed by atoms with Gasteiger partial charge in [0.15, 0.2) is 0 Å². The van der Waals surface area contributed by atoms with Crippen LogP contribution in [0.4, 0.5) is 0 Å². The van der Waals surface area contributed by atoms with Crippen molar-refractivity contribution in [1.82, 2.24) is 0 Å². The van der Waals surface area contributed by atoms with Gasteiger partial charge in [-0.25, -0.2) is 0 Å². The van der Waals surface area contributed by atoms with Crippen molar-refractivity contribution in [1.29, 1.82) is 0 Å². The van der Waals surface area contributed by atoms with Crippen LogP contribution in [-0.2, 0) is 4.74 Å². The van der Waals surface area contributed by atoms with E-state index in [-0.39, 0.29) is 0 Å². The molecule has 2 bridgehead atoms. The zero-order chi connectivity index (χ0) is 6.43. The summed E-state index contributed by atoms with van der Waals surface area (Å²) in [6, 6.07) is 0. The maximum absolute atomic E-state index is 5.70. The standard InChI is InChI=1S/C8H14O/c1-5-3-8-6(2)4-7(5)9-8/h5-8H,3-4H2,1-2H3/t5-,6?,7?,8?/m0/s1. The number of ether oxygens (including phenoxy) is 1. The van der Waals surface area contributed by atoms with Crippen molar-refractivity contribution >= 4 is 0 Å². The van der Waals surface area contributed by atoms with Gasteiger partial charge in [0.05, 0.1) is 12.2 Å². The summed E-state index contributed by atoms with van der Waals surface area (Å²) in [5.74, 6) is 1.68. The van der Waals surface area contributed by atoms with Crippen molar-refractivity contribution in [3.8, 4) is 0 Å². The fourth-order valence-corrected chi connectivity index (χ4v) is 2.10. The lowest BCUT2D eigenvalue weighted by molar-refractivity contribution is 0.0877. The Morgan fingerprint density at radius 3 is 1.67 bits per heavy atom. The van der Waals surface area contributed by atoms with E-state index in [1.807, 2.05) is 0 Å². The topological polar surface area (TPSA) is 9.23 Å². The van der Waals surface area contributed by atoms with Gasteiger partial charge in [-0.05, 0) is 24.7 Å². The van der Waals surface area contributed by atoms with Crippen LogP contribution >= 0.6 is 0 Å². The van der Waals surface area contributed by atoms with Crippen molar-refractivity contribution in [2.45, 2.75) is 38.9 Å². The molecule has 0 spiro atoms. The molecule has 2 aliphatic heterocycles. The van der Waals surface area contributed by atoms with E-state index in [1.54, 1.807) is 0 Å². The van der Waals surface area contributed by atoms with Crippen molar-refractivity contribution in [2.75, 3.05) is 0 Å². The van der Waals surface area contributed by atoms with Gasteiger partial charge in [0.1, 0.15) is 0 Å². The lowest BCUT2D eigenvalue weighted by atomic mass is 9.84. The SMILES string of the molecule is CC1CC2OC1C[C@@H]2C. The molecule has 2 heterocycles. The van der Waals surface area contributed by atoms with Gasteiger partial charge in [-0.1, -0.05) is 13.8 Å². The number of fused-ring (bicyclic) bond motifs is 2. The average molecular weight is 126 g/mol. The van der Waals surface area contributed by atoms with E-state index in [4.69, 9.17) is 4.74 Å². The largest absolute Gasteiger partial charge is 0.374 e. The third-order valence-corrected chi connectivity index (χ3v) is 2.83. The Morgan fingerprint density at radius 1 is 1.00 bits per heavy atom. The normalized spacial score (nSPS) is 56.7. The minimum absolute atomic E-state index is 0.616. The van der Waals surface area contributed by atoms with E-state index in [0.29, 0.717) is 12.2 Å². The molecule has 2 rings (SSSR count). The maximum atomic E-state index is 5.70. The van der Waals surface area contributed by atoms with E-state index >= 15 is 0 Å². The molecule has 0 aromatic carbocycles. The molecule has 0 aromatic heterocycles. The van der Waals surface area contributed by atoms with E-state index in [2.05, 4.69) is 13.8 Å². The molecule has 0 amide bonds. The Labute approximate surface area is 56.4 Å². The third kappa shape index (κ3) is 0.710. The first-order valence-electron chi connectivity index (χ1n) is 3.93. The summed E-state index contributed by atoms with van der Waals surface area (Å²) in [4.78, 5) is 0. The Hall–Kier alpha value is -0.0400. The van der Waals surface area contributed by atoms with Gasteiger partial charge in [0.2, 0.25) is 0 Å². The van der Waals surface area contributed by atoms with Gasteiger partial charge in [-0.3, -0.25) is 0 Å². The molecule has 0 saturated carbocycles. The Morgan fingerprint density at radius 2 is 1.44 bits per heavy atom. The third-order valence-electron chi connectivity index (χ3n) is 2.83. The highest BCUT2D eigenvalue weighted by atomic mass is 16.5. The van der Waals surface area contributed by atoms with Crippen LogP contribution < -0.4 is 0 Å². The van der Waals surface area contributed by atoms with Crippen molar-refractivity contribution in [2.24, 2.45) is 11.8 Å². The second-order valence-corrected chi connectivity index (χ2v) is 3.64. The molecular formula is C8H14O. The molecule has 52 valence electrons. The van der Waals surface area contributed by atoms with Gasteiger partial charge < -0.3 is 4.74 Å². The highest BCUT2D eigenvalue weighted by Gasteiger charge is 2.42. The smallest absolute Gasteiger partial charge is 0.0609 e. The quantitative estimate of drug-likeness (QED) is 0.481. The molecular weight excluding hydrogens is 112 g/mol. The van der Waals surface area contributed by atoms with E-state index in [1.165, 1.54) is 12.8 Å². The second-order valence-electron chi connectivity index (χ2n) is 3.64. The van der Waals surface area contributed by atoms with E-state index in [0.717, 1.165) is 11.8 Å². The van der Waals surface area contributed by atoms with Gasteiger partial charge >= 0.3 is 0 Å². The fourth-order valence-electron chi connectivity index (χ4n) is 2.10. The first-order chi connectivity index (χ1) is 4.27. The zero-order valence-corrected chi connectivity index (χ0v) is 6.13. The monoisotopic (exact) mass is 126 g/mol. The molecule has 3 unspecified atom stereocenters. The molecule has 0 aliphatic carbocycles. The molecule has 2 fully saturated rings. The Kier molecular flexibility index (Phi) is 1.10. The summed E-state index contributed by atoms with van der Waals surface area (Å²) >= 11 is 0. The molecule has 2 aliphatic rings. The number of hydrogen-bond acceptors (Lipinski definition) is 1. The first-order valence-corrected chi connectivity index (χ1v) is 3.93. The van der Waals surface area contributed by atoms with E-state index in [9.17, 15) is 0 Å². The minimum Gasteiger partial charge on any atom is -0.374 e. The summed E-state index contributed by atoms with van der Waals surface area (Å²) in [6.45, 7) is 4.60. The van der Waals surface area contributed by atoms with Crippen LogP contribution in [0.2, 0.25) is 0 Å². The van der Waals surface area contributed by atoms with Gasteiger partial charge in [-0.2, -0.15) is 0 Å². The van der Waals surface area contributed by atoms with Gasteiger partial charge in [0, 0.05) is 0 Å². The number of rotatable bonds is 0. The van der Waals surface area contributed by atoms with Gasteiger partial charge in [0.25, 0.3) is 0 Å². The summed E-state index contributed by atoms with van der Waals surface area (Å²) in [5, 5.41) is 0. The molecule has 0 N–H and O–H groups in total. The number of hydrogen-bond donors (Lipinski definition) is 0. The Balaban J connectivity index is 2.10. The van der Waals surface area contributed by atoms with E-state index < -0.39 is 0 Å². The molecule has 2 saturated heterocycles. The van der Waals surface area contributed by atoms with Crippen LogP contribution in [0, 0.1) is 11.8 Å². The maximum Gasteiger partial charge on any atom is 0.0609 e. The van der Waals surface area contributed by atoms with Gasteiger partial charge in [-0.15, -0.1) is 0 Å². The first kappa shape index (κ1) is 5.72. The zero-order valence-electron chi connectivity index (χ0n) is 6.13. The molecule has 4 atom stereocenters. The minimum atomic E-state index is 0.616. The second kappa shape index (κ2) is 1.72. The molecule has 0 radical (unpaired) electrons. The van der Waals surface area contributed by atoms with Crippen LogP contribution in [0.15, 0.2) is 0 Å². The molecule has 1 heteroatoms. The lowest BCUT2D eigenvalue weighted by Gasteiger charge is -2.17. The van der Waals surface area contributed by atoms with Crippen LogP contribution in [-0.4, -0.2) is 12.2 Å². The predicted octanol–water partition coefficient (Wildman–Crippen LogP) is 1.82. The van der Waals surface area contributed by atoms with Crippen LogP contribution in [0.3, 0.4) is 0 Å². The summed E-state index contributed by atoms with van der Waals surface area (Å²) < 4.78 is 5.70. The lowest BCUT2D eigenvalue weighted by Crippen LogP contribution is -2.18. The van der Waals surface area contributed by atoms with Crippen molar-refractivity contribution in [3.63, 3.8) is 0 Å². The molecule has 0 aromatic rings. The highest BCUT2D eigenvalue weighted by molar-refractivity contribution is 4.91. The fraction of sp³-hybridized carbons (Fsp3) is 1.00. The summed E-state index contributed by atoms with van der Waals surface area (Å²) in [6.07, 6.45) is 3.85. The van der Waals surface area contributed by atoms with Crippen molar-refractivity contribution < 1.29 is 4.74 Å². The van der Waals surface area contributed by atoms with Crippen LogP contribution in [0.5, 0.6) is 0 Å².